The van der Waals surface area contributed by atoms with Gasteiger partial charge in [-0.15, -0.1) is 0 Å². The number of hydrogen-bond acceptors (Lipinski definition) is 4. The fourth-order valence-electron chi connectivity index (χ4n) is 3.96. The fourth-order valence-corrected chi connectivity index (χ4v) is 3.96. The number of likely N-dealkylation sites (tertiary alicyclic amines) is 1. The fraction of sp³-hybridized carbons (Fsp3) is 0.650. The highest BCUT2D eigenvalue weighted by atomic mass is 16.5. The SMILES string of the molecule is O=C(c1ccc(OCC2CC2)cc1)N1CCC[C@@H]1[C@@H]1COCC[C@H]1O. The normalized spacial score (nSPS) is 29.6. The summed E-state index contributed by atoms with van der Waals surface area (Å²) in [5.74, 6) is 1.63. The minimum absolute atomic E-state index is 0.0290. The molecule has 1 amide bonds. The Bertz CT molecular complexity index is 598. The van der Waals surface area contributed by atoms with E-state index in [1.54, 1.807) is 0 Å². The Hall–Kier alpha value is -1.59. The molecule has 2 aliphatic heterocycles. The Morgan fingerprint density at radius 3 is 2.72 bits per heavy atom. The highest BCUT2D eigenvalue weighted by molar-refractivity contribution is 5.94. The van der Waals surface area contributed by atoms with Crippen LogP contribution in [0.5, 0.6) is 5.75 Å². The highest BCUT2D eigenvalue weighted by Gasteiger charge is 2.39. The Morgan fingerprint density at radius 2 is 2.00 bits per heavy atom. The van der Waals surface area contributed by atoms with Gasteiger partial charge in [0.25, 0.3) is 5.91 Å². The zero-order valence-corrected chi connectivity index (χ0v) is 14.6. The van der Waals surface area contributed by atoms with Crippen LogP contribution in [0.15, 0.2) is 24.3 Å². The topological polar surface area (TPSA) is 59.0 Å². The Labute approximate surface area is 148 Å². The van der Waals surface area contributed by atoms with Crippen molar-refractivity contribution in [3.8, 4) is 5.75 Å². The number of carbonyl (C=O) groups is 1. The van der Waals surface area contributed by atoms with E-state index in [9.17, 15) is 9.90 Å². The number of benzene rings is 1. The molecule has 25 heavy (non-hydrogen) atoms. The third kappa shape index (κ3) is 3.82. The van der Waals surface area contributed by atoms with E-state index in [1.807, 2.05) is 29.2 Å². The maximum atomic E-state index is 13.0. The van der Waals surface area contributed by atoms with Crippen molar-refractivity contribution >= 4 is 5.91 Å². The maximum Gasteiger partial charge on any atom is 0.254 e. The highest BCUT2D eigenvalue weighted by Crippen LogP contribution is 2.32. The predicted octanol–water partition coefficient (Wildman–Crippen LogP) is 2.48. The summed E-state index contributed by atoms with van der Waals surface area (Å²) >= 11 is 0. The lowest BCUT2D eigenvalue weighted by Gasteiger charge is -2.37. The van der Waals surface area contributed by atoms with Crippen molar-refractivity contribution in [2.75, 3.05) is 26.4 Å². The van der Waals surface area contributed by atoms with Gasteiger partial charge in [-0.25, -0.2) is 0 Å². The third-order valence-corrected chi connectivity index (χ3v) is 5.70. The van der Waals surface area contributed by atoms with Gasteiger partial charge in [0.1, 0.15) is 5.75 Å². The summed E-state index contributed by atoms with van der Waals surface area (Å²) in [6.45, 7) is 2.69. The van der Waals surface area contributed by atoms with Crippen LogP contribution in [0.1, 0.15) is 42.5 Å². The first-order valence-electron chi connectivity index (χ1n) is 9.52. The predicted molar refractivity (Wildman–Crippen MR) is 93.7 cm³/mol. The van der Waals surface area contributed by atoms with E-state index in [2.05, 4.69) is 0 Å². The van der Waals surface area contributed by atoms with Gasteiger partial charge in [0.05, 0.1) is 19.3 Å². The molecule has 5 nitrogen and oxygen atoms in total. The molecule has 1 aromatic rings. The zero-order valence-electron chi connectivity index (χ0n) is 14.6. The van der Waals surface area contributed by atoms with Crippen LogP contribution in [0.2, 0.25) is 0 Å². The monoisotopic (exact) mass is 345 g/mol. The second kappa shape index (κ2) is 7.34. The Morgan fingerprint density at radius 1 is 1.20 bits per heavy atom. The molecule has 2 heterocycles. The van der Waals surface area contributed by atoms with Crippen molar-refractivity contribution in [2.24, 2.45) is 11.8 Å². The van der Waals surface area contributed by atoms with Gasteiger partial charge in [0.2, 0.25) is 0 Å². The van der Waals surface area contributed by atoms with Crippen LogP contribution in [0.3, 0.4) is 0 Å². The zero-order chi connectivity index (χ0) is 17.2. The van der Waals surface area contributed by atoms with Gasteiger partial charge in [-0.3, -0.25) is 4.79 Å². The van der Waals surface area contributed by atoms with E-state index in [1.165, 1.54) is 12.8 Å². The van der Waals surface area contributed by atoms with Crippen molar-refractivity contribution in [1.29, 1.82) is 0 Å². The quantitative estimate of drug-likeness (QED) is 0.891. The van der Waals surface area contributed by atoms with Crippen LogP contribution in [0, 0.1) is 11.8 Å². The minimum Gasteiger partial charge on any atom is -0.493 e. The average molecular weight is 345 g/mol. The molecular weight excluding hydrogens is 318 g/mol. The molecule has 136 valence electrons. The van der Waals surface area contributed by atoms with Gasteiger partial charge in [0, 0.05) is 30.7 Å². The van der Waals surface area contributed by atoms with Gasteiger partial charge >= 0.3 is 0 Å². The number of amides is 1. The molecule has 1 N–H and O–H groups in total. The van der Waals surface area contributed by atoms with Crippen LogP contribution < -0.4 is 4.74 Å². The molecule has 4 rings (SSSR count). The first-order valence-corrected chi connectivity index (χ1v) is 9.52. The van der Waals surface area contributed by atoms with Crippen LogP contribution in [0.4, 0.5) is 0 Å². The van der Waals surface area contributed by atoms with Gasteiger partial charge in [-0.05, 0) is 62.3 Å². The van der Waals surface area contributed by atoms with Crippen molar-refractivity contribution in [3.05, 3.63) is 29.8 Å². The molecule has 1 aromatic carbocycles. The summed E-state index contributed by atoms with van der Waals surface area (Å²) in [6.07, 6.45) is 4.76. The second-order valence-corrected chi connectivity index (χ2v) is 7.58. The molecule has 1 saturated carbocycles. The molecule has 0 radical (unpaired) electrons. The Kier molecular flexibility index (Phi) is 4.95. The van der Waals surface area contributed by atoms with Gasteiger partial charge < -0.3 is 19.5 Å². The lowest BCUT2D eigenvalue weighted by molar-refractivity contribution is -0.0589. The number of ether oxygens (including phenoxy) is 2. The van der Waals surface area contributed by atoms with E-state index >= 15 is 0 Å². The first kappa shape index (κ1) is 16.9. The van der Waals surface area contributed by atoms with Crippen LogP contribution in [0.25, 0.3) is 0 Å². The molecule has 1 aliphatic carbocycles. The second-order valence-electron chi connectivity index (χ2n) is 7.58. The minimum atomic E-state index is -0.370. The lowest BCUT2D eigenvalue weighted by atomic mass is 9.89. The lowest BCUT2D eigenvalue weighted by Crippen LogP contribution is -2.48. The van der Waals surface area contributed by atoms with Crippen molar-refractivity contribution in [1.82, 2.24) is 4.90 Å². The average Bonchev–Trinajstić information content (AvgIpc) is 3.35. The van der Waals surface area contributed by atoms with Crippen LogP contribution in [-0.2, 0) is 4.74 Å². The number of carbonyl (C=O) groups excluding carboxylic acids is 1. The van der Waals surface area contributed by atoms with E-state index in [0.717, 1.165) is 37.7 Å². The van der Waals surface area contributed by atoms with Gasteiger partial charge in [-0.2, -0.15) is 0 Å². The van der Waals surface area contributed by atoms with E-state index in [0.29, 0.717) is 25.2 Å². The number of aliphatic hydroxyl groups excluding tert-OH is 1. The molecule has 0 bridgehead atoms. The molecule has 0 spiro atoms. The van der Waals surface area contributed by atoms with E-state index < -0.39 is 0 Å². The summed E-state index contributed by atoms with van der Waals surface area (Å²) in [6, 6.07) is 7.56. The molecule has 2 saturated heterocycles. The molecular formula is C20H27NO4. The number of rotatable bonds is 5. The molecule has 0 unspecified atom stereocenters. The third-order valence-electron chi connectivity index (χ3n) is 5.70. The van der Waals surface area contributed by atoms with Crippen LogP contribution in [-0.4, -0.2) is 54.4 Å². The molecule has 3 aliphatic rings. The molecule has 3 atom stereocenters. The van der Waals surface area contributed by atoms with Crippen molar-refractivity contribution in [3.63, 3.8) is 0 Å². The summed E-state index contributed by atoms with van der Waals surface area (Å²) in [7, 11) is 0. The summed E-state index contributed by atoms with van der Waals surface area (Å²) in [4.78, 5) is 14.9. The standard InChI is InChI=1S/C20H27NO4/c22-19-9-11-24-13-17(19)18-2-1-10-21(18)20(23)15-5-7-16(8-6-15)25-12-14-3-4-14/h5-8,14,17-19,22H,1-4,9-13H2/t17-,18+,19+/m0/s1. The summed E-state index contributed by atoms with van der Waals surface area (Å²) in [5, 5.41) is 10.3. The van der Waals surface area contributed by atoms with Crippen molar-refractivity contribution in [2.45, 2.75) is 44.2 Å². The van der Waals surface area contributed by atoms with Gasteiger partial charge in [-0.1, -0.05) is 0 Å². The largest absolute Gasteiger partial charge is 0.493 e. The molecule has 5 heteroatoms. The van der Waals surface area contributed by atoms with E-state index in [4.69, 9.17) is 9.47 Å². The Balaban J connectivity index is 1.41. The van der Waals surface area contributed by atoms with Crippen LogP contribution >= 0.6 is 0 Å². The van der Waals surface area contributed by atoms with E-state index in [-0.39, 0.29) is 24.0 Å². The van der Waals surface area contributed by atoms with Gasteiger partial charge in [0.15, 0.2) is 0 Å². The summed E-state index contributed by atoms with van der Waals surface area (Å²) < 4.78 is 11.3. The smallest absolute Gasteiger partial charge is 0.254 e. The first-order chi connectivity index (χ1) is 12.2. The number of hydrogen-bond donors (Lipinski definition) is 1. The van der Waals surface area contributed by atoms with Crippen molar-refractivity contribution < 1.29 is 19.4 Å². The molecule has 0 aromatic heterocycles. The maximum absolute atomic E-state index is 13.0. The molecule has 3 fully saturated rings. The summed E-state index contributed by atoms with van der Waals surface area (Å²) in [5.41, 5.74) is 0.692. The number of aliphatic hydroxyl groups is 1. The number of nitrogens with zero attached hydrogens (tertiary/aromatic N) is 1.